The van der Waals surface area contributed by atoms with E-state index in [1.807, 2.05) is 84.9 Å². The van der Waals surface area contributed by atoms with Gasteiger partial charge in [-0.05, 0) is 54.3 Å². The third-order valence-electron chi connectivity index (χ3n) is 5.57. The van der Waals surface area contributed by atoms with Crippen molar-refractivity contribution in [2.75, 3.05) is 6.61 Å². The molecule has 160 valence electrons. The van der Waals surface area contributed by atoms with Crippen LogP contribution < -0.4 is 0 Å². The summed E-state index contributed by atoms with van der Waals surface area (Å²) in [4.78, 5) is 16.8. The van der Waals surface area contributed by atoms with Gasteiger partial charge in [0, 0.05) is 28.5 Å². The molecule has 4 heteroatoms. The Labute approximate surface area is 193 Å². The fraction of sp³-hybridized carbons (Fsp3) is 0.143. The topological polar surface area (TPSA) is 50.2 Å². The molecule has 0 fully saturated rings. The molecule has 0 spiro atoms. The monoisotopic (exact) mass is 441 g/mol. The summed E-state index contributed by atoms with van der Waals surface area (Å²) >= 11 is 6.10. The number of carbonyl (C=O) groups is 1. The summed E-state index contributed by atoms with van der Waals surface area (Å²) in [5, 5.41) is 11.4. The summed E-state index contributed by atoms with van der Waals surface area (Å²) in [7, 11) is 0. The SMILES string of the molecule is CC(=O)c1ccccc1[C@@H](CCO)c1cccc(/C=C/c2ccc3ccc(Cl)cc3n2)c1. The lowest BCUT2D eigenvalue weighted by molar-refractivity contribution is 0.101. The first kappa shape index (κ1) is 21.9. The van der Waals surface area contributed by atoms with Crippen LogP contribution in [0.4, 0.5) is 0 Å². The highest BCUT2D eigenvalue weighted by Crippen LogP contribution is 2.31. The van der Waals surface area contributed by atoms with Crippen LogP contribution in [0.2, 0.25) is 5.02 Å². The van der Waals surface area contributed by atoms with Gasteiger partial charge in [0.2, 0.25) is 0 Å². The number of aromatic nitrogens is 1. The molecule has 0 saturated carbocycles. The maximum atomic E-state index is 12.2. The van der Waals surface area contributed by atoms with Crippen LogP contribution in [0.25, 0.3) is 23.1 Å². The lowest BCUT2D eigenvalue weighted by Crippen LogP contribution is -2.09. The zero-order chi connectivity index (χ0) is 22.5. The van der Waals surface area contributed by atoms with Gasteiger partial charge in [-0.3, -0.25) is 4.79 Å². The number of hydrogen-bond donors (Lipinski definition) is 1. The van der Waals surface area contributed by atoms with Crippen LogP contribution in [0.5, 0.6) is 0 Å². The van der Waals surface area contributed by atoms with Crippen molar-refractivity contribution in [1.29, 1.82) is 0 Å². The Hall–Kier alpha value is -3.27. The maximum absolute atomic E-state index is 12.2. The molecule has 0 aliphatic carbocycles. The number of benzene rings is 3. The lowest BCUT2D eigenvalue weighted by atomic mass is 9.84. The Morgan fingerprint density at radius 3 is 2.62 bits per heavy atom. The highest BCUT2D eigenvalue weighted by Gasteiger charge is 2.19. The van der Waals surface area contributed by atoms with Gasteiger partial charge in [-0.2, -0.15) is 0 Å². The standard InChI is InChI=1S/C28H24ClNO2/c1-19(32)25-7-2-3-8-27(25)26(15-16-31)22-6-4-5-20(17-22)9-13-24-14-11-21-10-12-23(29)18-28(21)30-24/h2-14,17-18,26,31H,15-16H2,1H3/b13-9+/t26-/m0/s1. The number of pyridine rings is 1. The van der Waals surface area contributed by atoms with Gasteiger partial charge in [0.1, 0.15) is 0 Å². The van der Waals surface area contributed by atoms with E-state index < -0.39 is 0 Å². The molecule has 3 aromatic carbocycles. The maximum Gasteiger partial charge on any atom is 0.160 e. The molecule has 0 unspecified atom stereocenters. The van der Waals surface area contributed by atoms with Crippen LogP contribution in [-0.2, 0) is 0 Å². The van der Waals surface area contributed by atoms with Crippen molar-refractivity contribution in [3.8, 4) is 0 Å². The minimum atomic E-state index is -0.0608. The van der Waals surface area contributed by atoms with Gasteiger partial charge < -0.3 is 5.11 Å². The summed E-state index contributed by atoms with van der Waals surface area (Å²) in [5.41, 5.74) is 5.44. The Kier molecular flexibility index (Phi) is 6.79. The molecule has 1 atom stereocenters. The highest BCUT2D eigenvalue weighted by molar-refractivity contribution is 6.31. The molecule has 1 N–H and O–H groups in total. The second-order valence-corrected chi connectivity index (χ2v) is 8.22. The van der Waals surface area contributed by atoms with E-state index in [9.17, 15) is 9.90 Å². The van der Waals surface area contributed by atoms with E-state index >= 15 is 0 Å². The fourth-order valence-corrected chi connectivity index (χ4v) is 4.18. The van der Waals surface area contributed by atoms with Crippen LogP contribution in [0.1, 0.15) is 52.0 Å². The van der Waals surface area contributed by atoms with Gasteiger partial charge in [0.25, 0.3) is 0 Å². The third kappa shape index (κ3) is 4.96. The molecule has 4 rings (SSSR count). The molecule has 0 aliphatic rings. The van der Waals surface area contributed by atoms with Gasteiger partial charge in [0.05, 0.1) is 11.2 Å². The van der Waals surface area contributed by atoms with Crippen LogP contribution in [0.3, 0.4) is 0 Å². The molecule has 3 nitrogen and oxygen atoms in total. The highest BCUT2D eigenvalue weighted by atomic mass is 35.5. The number of ketones is 1. The van der Waals surface area contributed by atoms with E-state index in [4.69, 9.17) is 11.6 Å². The van der Waals surface area contributed by atoms with E-state index in [2.05, 4.69) is 11.1 Å². The quantitative estimate of drug-likeness (QED) is 0.322. The number of aliphatic hydroxyl groups excluding tert-OH is 1. The van der Waals surface area contributed by atoms with Gasteiger partial charge in [-0.25, -0.2) is 4.98 Å². The number of nitrogens with zero attached hydrogens (tertiary/aromatic N) is 1. The van der Waals surface area contributed by atoms with Crippen molar-refractivity contribution in [3.05, 3.63) is 112 Å². The lowest BCUT2D eigenvalue weighted by Gasteiger charge is -2.20. The number of carbonyl (C=O) groups excluding carboxylic acids is 1. The van der Waals surface area contributed by atoms with Gasteiger partial charge >= 0.3 is 0 Å². The first-order valence-electron chi connectivity index (χ1n) is 10.6. The summed E-state index contributed by atoms with van der Waals surface area (Å²) in [6, 6.07) is 25.5. The summed E-state index contributed by atoms with van der Waals surface area (Å²) < 4.78 is 0. The van der Waals surface area contributed by atoms with E-state index in [0.717, 1.165) is 33.3 Å². The molecular weight excluding hydrogens is 418 g/mol. The average Bonchev–Trinajstić information content (AvgIpc) is 2.81. The van der Waals surface area contributed by atoms with Gasteiger partial charge in [-0.15, -0.1) is 0 Å². The molecule has 0 amide bonds. The third-order valence-corrected chi connectivity index (χ3v) is 5.80. The van der Waals surface area contributed by atoms with Crippen molar-refractivity contribution in [1.82, 2.24) is 4.98 Å². The molecule has 0 aliphatic heterocycles. The molecule has 32 heavy (non-hydrogen) atoms. The first-order valence-corrected chi connectivity index (χ1v) is 11.0. The van der Waals surface area contributed by atoms with E-state index in [1.54, 1.807) is 6.92 Å². The number of Topliss-reactive ketones (excluding diaryl/α,β-unsaturated/α-hetero) is 1. The number of hydrogen-bond acceptors (Lipinski definition) is 3. The molecule has 1 heterocycles. The zero-order valence-electron chi connectivity index (χ0n) is 17.8. The minimum absolute atomic E-state index is 0.0297. The number of rotatable bonds is 7. The Balaban J connectivity index is 1.66. The average molecular weight is 442 g/mol. The van der Waals surface area contributed by atoms with E-state index in [-0.39, 0.29) is 18.3 Å². The predicted octanol–water partition coefficient (Wildman–Crippen LogP) is 6.78. The Morgan fingerprint density at radius 2 is 1.81 bits per heavy atom. The molecule has 0 bridgehead atoms. The molecule has 0 saturated heterocycles. The van der Waals surface area contributed by atoms with Gasteiger partial charge in [-0.1, -0.05) is 78.3 Å². The number of fused-ring (bicyclic) bond motifs is 1. The van der Waals surface area contributed by atoms with Crippen molar-refractivity contribution in [3.63, 3.8) is 0 Å². The second kappa shape index (κ2) is 9.90. The Morgan fingerprint density at radius 1 is 1.00 bits per heavy atom. The first-order chi connectivity index (χ1) is 15.5. The van der Waals surface area contributed by atoms with Crippen molar-refractivity contribution in [2.45, 2.75) is 19.3 Å². The molecule has 0 radical (unpaired) electrons. The van der Waals surface area contributed by atoms with Crippen LogP contribution >= 0.6 is 11.6 Å². The molecule has 4 aromatic rings. The summed E-state index contributed by atoms with van der Waals surface area (Å²) in [6.45, 7) is 1.62. The minimum Gasteiger partial charge on any atom is -0.396 e. The summed E-state index contributed by atoms with van der Waals surface area (Å²) in [6.07, 6.45) is 4.55. The second-order valence-electron chi connectivity index (χ2n) is 7.78. The normalized spacial score (nSPS) is 12.3. The largest absolute Gasteiger partial charge is 0.396 e. The van der Waals surface area contributed by atoms with Crippen LogP contribution in [-0.4, -0.2) is 22.5 Å². The van der Waals surface area contributed by atoms with Crippen molar-refractivity contribution >= 4 is 40.4 Å². The predicted molar refractivity (Wildman–Crippen MR) is 132 cm³/mol. The van der Waals surface area contributed by atoms with Crippen LogP contribution in [0.15, 0.2) is 78.9 Å². The van der Waals surface area contributed by atoms with E-state index in [1.165, 1.54) is 0 Å². The smallest absolute Gasteiger partial charge is 0.160 e. The van der Waals surface area contributed by atoms with Crippen molar-refractivity contribution in [2.24, 2.45) is 0 Å². The summed E-state index contributed by atoms with van der Waals surface area (Å²) in [5.74, 6) is -0.0311. The number of aliphatic hydroxyl groups is 1. The van der Waals surface area contributed by atoms with E-state index in [0.29, 0.717) is 17.0 Å². The van der Waals surface area contributed by atoms with Crippen molar-refractivity contribution < 1.29 is 9.90 Å². The molecular formula is C28H24ClNO2. The zero-order valence-corrected chi connectivity index (χ0v) is 18.6. The van der Waals surface area contributed by atoms with Crippen LogP contribution in [0, 0.1) is 0 Å². The van der Waals surface area contributed by atoms with Gasteiger partial charge in [0.15, 0.2) is 5.78 Å². The Bertz CT molecular complexity index is 1300. The number of halogens is 1. The molecule has 1 aromatic heterocycles. The fourth-order valence-electron chi connectivity index (χ4n) is 4.01.